The van der Waals surface area contributed by atoms with Gasteiger partial charge in [0.05, 0.1) is 12.9 Å². The van der Waals surface area contributed by atoms with Gasteiger partial charge in [-0.05, 0) is 6.92 Å². The molecule has 2 aromatic rings. The summed E-state index contributed by atoms with van der Waals surface area (Å²) in [6, 6.07) is 0. The number of rotatable bonds is 2. The summed E-state index contributed by atoms with van der Waals surface area (Å²) in [4.78, 5) is 25.5. The van der Waals surface area contributed by atoms with Crippen LogP contribution < -0.4 is 0 Å². The number of hydrogen-bond acceptors (Lipinski definition) is 5. The molecule has 0 saturated carbocycles. The van der Waals surface area contributed by atoms with Gasteiger partial charge in [-0.25, -0.2) is 19.7 Å². The Hall–Kier alpha value is -1.98. The molecule has 72 valence electrons. The number of nitrogens with one attached hydrogen (secondary N) is 1. The van der Waals surface area contributed by atoms with Crippen molar-refractivity contribution in [3.8, 4) is 0 Å². The largest absolute Gasteiger partial charge is 0.461 e. The number of nitrogens with zero attached hydrogens (tertiary/aromatic N) is 3. The van der Waals surface area contributed by atoms with Gasteiger partial charge in [-0.3, -0.25) is 0 Å². The van der Waals surface area contributed by atoms with Gasteiger partial charge in [0.2, 0.25) is 0 Å². The Morgan fingerprint density at radius 1 is 1.64 bits per heavy atom. The first kappa shape index (κ1) is 7.43. The van der Waals surface area contributed by atoms with Crippen LogP contribution in [0.2, 0.25) is 0 Å². The number of esters is 1. The highest BCUT2D eigenvalue weighted by atomic mass is 16.5. The average molecular weight is 193 g/mol. The number of carbonyl (C=O) groups excluding carboxylic acids is 1. The summed E-state index contributed by atoms with van der Waals surface area (Å²) >= 11 is 0. The maximum Gasteiger partial charge on any atom is 0.359 e. The Bertz CT molecular complexity index is 510. The zero-order valence-corrected chi connectivity index (χ0v) is 7.44. The van der Waals surface area contributed by atoms with Crippen molar-refractivity contribution in [2.24, 2.45) is 0 Å². The SMILES string of the molecule is [2H]c1nc(C(=O)OCC)c2[nH]cnc2n1. The Labute approximate surface area is 80.8 Å². The molecule has 0 aromatic carbocycles. The highest BCUT2D eigenvalue weighted by Crippen LogP contribution is 2.09. The Kier molecular flexibility index (Phi) is 1.81. The fraction of sp³-hybridized carbons (Fsp3) is 0.250. The van der Waals surface area contributed by atoms with Crippen LogP contribution in [0.15, 0.2) is 12.6 Å². The van der Waals surface area contributed by atoms with Crippen molar-refractivity contribution >= 4 is 17.1 Å². The van der Waals surface area contributed by atoms with Crippen LogP contribution >= 0.6 is 0 Å². The lowest BCUT2D eigenvalue weighted by atomic mass is 10.3. The standard InChI is InChI=1S/C8H8N4O2/c1-2-14-8(13)6-5-7(11-3-9-5)12-4-10-6/h3-4H,2H2,1H3,(H,9,10,11,12)/i4D. The third-order valence-electron chi connectivity index (χ3n) is 1.64. The summed E-state index contributed by atoms with van der Waals surface area (Å²) in [5.74, 6) is -0.581. The number of imidazole rings is 1. The van der Waals surface area contributed by atoms with Crippen molar-refractivity contribution in [2.75, 3.05) is 6.61 Å². The second-order valence-corrected chi connectivity index (χ2v) is 2.49. The van der Waals surface area contributed by atoms with E-state index in [0.29, 0.717) is 5.52 Å². The molecule has 0 atom stereocenters. The molecule has 1 N–H and O–H groups in total. The number of carbonyl (C=O) groups is 1. The highest BCUT2D eigenvalue weighted by Gasteiger charge is 2.14. The molecule has 0 aliphatic heterocycles. The van der Waals surface area contributed by atoms with Crippen LogP contribution in [0.4, 0.5) is 0 Å². The molecule has 6 nitrogen and oxygen atoms in total. The first-order valence-electron chi connectivity index (χ1n) is 4.57. The molecule has 0 aliphatic carbocycles. The predicted molar refractivity (Wildman–Crippen MR) is 47.6 cm³/mol. The monoisotopic (exact) mass is 193 g/mol. The molecule has 0 spiro atoms. The molecule has 2 rings (SSSR count). The quantitative estimate of drug-likeness (QED) is 0.703. The summed E-state index contributed by atoms with van der Waals surface area (Å²) in [5.41, 5.74) is 0.729. The third-order valence-corrected chi connectivity index (χ3v) is 1.64. The van der Waals surface area contributed by atoms with Crippen molar-refractivity contribution < 1.29 is 10.9 Å². The number of aromatic nitrogens is 4. The van der Waals surface area contributed by atoms with Crippen molar-refractivity contribution in [2.45, 2.75) is 6.92 Å². The molecule has 0 amide bonds. The van der Waals surface area contributed by atoms with Crippen LogP contribution in [0, 0.1) is 0 Å². The Morgan fingerprint density at radius 3 is 3.29 bits per heavy atom. The van der Waals surface area contributed by atoms with Crippen LogP contribution in [0.25, 0.3) is 11.2 Å². The number of fused-ring (bicyclic) bond motifs is 1. The molecule has 0 unspecified atom stereocenters. The summed E-state index contributed by atoms with van der Waals surface area (Å²) in [7, 11) is 0. The van der Waals surface area contributed by atoms with Crippen molar-refractivity contribution in [1.29, 1.82) is 0 Å². The minimum atomic E-state index is -0.581. The molecule has 0 saturated heterocycles. The number of aromatic amines is 1. The number of H-pyrrole nitrogens is 1. The van der Waals surface area contributed by atoms with Crippen LogP contribution in [-0.2, 0) is 4.74 Å². The van der Waals surface area contributed by atoms with Gasteiger partial charge >= 0.3 is 5.97 Å². The first-order chi connectivity index (χ1) is 7.22. The van der Waals surface area contributed by atoms with E-state index in [2.05, 4.69) is 19.9 Å². The lowest BCUT2D eigenvalue weighted by Crippen LogP contribution is -2.08. The minimum Gasteiger partial charge on any atom is -0.461 e. The zero-order valence-electron chi connectivity index (χ0n) is 8.44. The third kappa shape index (κ3) is 1.30. The van der Waals surface area contributed by atoms with Crippen LogP contribution in [0.3, 0.4) is 0 Å². The molecule has 0 radical (unpaired) electrons. The van der Waals surface area contributed by atoms with Crippen LogP contribution in [-0.4, -0.2) is 32.5 Å². The van der Waals surface area contributed by atoms with Gasteiger partial charge in [0.25, 0.3) is 0 Å². The molecule has 2 aromatic heterocycles. The predicted octanol–water partition coefficient (Wildman–Crippen LogP) is 0.530. The average Bonchev–Trinajstić information content (AvgIpc) is 2.64. The maximum absolute atomic E-state index is 11.5. The van der Waals surface area contributed by atoms with Gasteiger partial charge in [-0.1, -0.05) is 0 Å². The molecule has 0 fully saturated rings. The van der Waals surface area contributed by atoms with E-state index in [0.717, 1.165) is 0 Å². The van der Waals surface area contributed by atoms with E-state index < -0.39 is 5.97 Å². The topological polar surface area (TPSA) is 80.8 Å². The smallest absolute Gasteiger partial charge is 0.359 e. The van der Waals surface area contributed by atoms with E-state index >= 15 is 0 Å². The van der Waals surface area contributed by atoms with E-state index in [1.807, 2.05) is 0 Å². The number of hydrogen-bond donors (Lipinski definition) is 1. The maximum atomic E-state index is 11.5. The highest BCUT2D eigenvalue weighted by molar-refractivity contribution is 5.98. The Balaban J connectivity index is 2.57. The van der Waals surface area contributed by atoms with Crippen molar-refractivity contribution in [3.05, 3.63) is 18.3 Å². The fourth-order valence-electron chi connectivity index (χ4n) is 1.07. The van der Waals surface area contributed by atoms with E-state index in [-0.39, 0.29) is 24.3 Å². The van der Waals surface area contributed by atoms with Gasteiger partial charge in [0, 0.05) is 0 Å². The molecular weight excluding hydrogens is 184 g/mol. The van der Waals surface area contributed by atoms with Gasteiger partial charge in [-0.15, -0.1) is 0 Å². The minimum absolute atomic E-state index is 0.0457. The summed E-state index contributed by atoms with van der Waals surface area (Å²) in [6.45, 7) is 1.96. The van der Waals surface area contributed by atoms with Crippen LogP contribution in [0.1, 0.15) is 18.8 Å². The van der Waals surface area contributed by atoms with Gasteiger partial charge in [0.15, 0.2) is 11.3 Å². The second kappa shape index (κ2) is 3.41. The van der Waals surface area contributed by atoms with Crippen molar-refractivity contribution in [3.63, 3.8) is 0 Å². The molecular formula is C8H8N4O2. The molecule has 14 heavy (non-hydrogen) atoms. The zero-order chi connectivity index (χ0) is 10.8. The Morgan fingerprint density at radius 2 is 2.50 bits per heavy atom. The molecule has 0 bridgehead atoms. The van der Waals surface area contributed by atoms with Crippen molar-refractivity contribution in [1.82, 2.24) is 19.9 Å². The molecule has 2 heterocycles. The van der Waals surface area contributed by atoms with E-state index in [1.165, 1.54) is 6.33 Å². The van der Waals surface area contributed by atoms with E-state index in [1.54, 1.807) is 6.92 Å². The lowest BCUT2D eigenvalue weighted by molar-refractivity contribution is 0.0521. The molecule has 6 heteroatoms. The van der Waals surface area contributed by atoms with Crippen LogP contribution in [0.5, 0.6) is 0 Å². The fourth-order valence-corrected chi connectivity index (χ4v) is 1.07. The number of ether oxygens (including phenoxy) is 1. The first-order valence-corrected chi connectivity index (χ1v) is 4.07. The van der Waals surface area contributed by atoms with Gasteiger partial charge in [0.1, 0.15) is 13.2 Å². The second-order valence-electron chi connectivity index (χ2n) is 2.49. The summed E-state index contributed by atoms with van der Waals surface area (Å²) in [5, 5.41) is 0. The van der Waals surface area contributed by atoms with Gasteiger partial charge < -0.3 is 9.72 Å². The summed E-state index contributed by atoms with van der Waals surface area (Å²) in [6.07, 6.45) is 1.14. The van der Waals surface area contributed by atoms with E-state index in [4.69, 9.17) is 6.11 Å². The van der Waals surface area contributed by atoms with E-state index in [9.17, 15) is 4.79 Å². The normalized spacial score (nSPS) is 11.4. The summed E-state index contributed by atoms with van der Waals surface area (Å²) < 4.78 is 12.1. The lowest BCUT2D eigenvalue weighted by Gasteiger charge is -2.00. The van der Waals surface area contributed by atoms with Gasteiger partial charge in [-0.2, -0.15) is 0 Å². The molecule has 0 aliphatic rings.